The van der Waals surface area contributed by atoms with Crippen molar-refractivity contribution in [1.82, 2.24) is 4.98 Å². The highest BCUT2D eigenvalue weighted by atomic mass is 16.5. The van der Waals surface area contributed by atoms with Gasteiger partial charge in [0.1, 0.15) is 0 Å². The van der Waals surface area contributed by atoms with E-state index < -0.39 is 0 Å². The standard InChI is InChI=1S/C32H41NO3/c1-21-18-30(2)27(23-5-4-22-10-13-33-20-24(22)16-23)8-9-29(30)32-12-11-31(36-32)19-26(35-15-14-34-3)7-6-25(31)17-28(21)32/h4-5,10,13,16-17,20-21,26-29H,6-9,11-12,14-15,18-19H2,1-3H3/t21?,26-,27?,28?,29+,30?,31+,32+/m0/s1. The molecule has 0 radical (unpaired) electrons. The predicted molar refractivity (Wildman–Crippen MR) is 142 cm³/mol. The second-order valence-electron chi connectivity index (χ2n) is 12.8. The quantitative estimate of drug-likeness (QED) is 0.342. The number of pyridine rings is 1. The van der Waals surface area contributed by atoms with Crippen LogP contribution in [0.5, 0.6) is 0 Å². The lowest BCUT2D eigenvalue weighted by Gasteiger charge is -2.60. The Kier molecular flexibility index (Phi) is 5.44. The van der Waals surface area contributed by atoms with Crippen molar-refractivity contribution in [1.29, 1.82) is 0 Å². The molecule has 2 aromatic rings. The largest absolute Gasteiger partial charge is 0.382 e. The number of nitrogens with zero attached hydrogens (tertiary/aromatic N) is 1. The molecule has 4 fully saturated rings. The van der Waals surface area contributed by atoms with Crippen LogP contribution in [0.25, 0.3) is 10.8 Å². The third-order valence-corrected chi connectivity index (χ3v) is 11.1. The van der Waals surface area contributed by atoms with E-state index in [4.69, 9.17) is 14.2 Å². The van der Waals surface area contributed by atoms with E-state index in [9.17, 15) is 0 Å². The molecule has 7 rings (SSSR count). The average molecular weight is 488 g/mol. The van der Waals surface area contributed by atoms with Crippen molar-refractivity contribution >= 4 is 10.8 Å². The summed E-state index contributed by atoms with van der Waals surface area (Å²) in [6, 6.07) is 9.25. The Balaban J connectivity index is 1.21. The van der Waals surface area contributed by atoms with E-state index in [2.05, 4.69) is 49.2 Å². The number of fused-ring (bicyclic) bond motifs is 2. The molecule has 1 saturated heterocycles. The molecule has 5 aliphatic rings. The average Bonchev–Trinajstić information content (AvgIpc) is 3.38. The monoisotopic (exact) mass is 487 g/mol. The zero-order valence-corrected chi connectivity index (χ0v) is 22.2. The molecule has 36 heavy (non-hydrogen) atoms. The summed E-state index contributed by atoms with van der Waals surface area (Å²) in [5.74, 6) is 2.42. The zero-order valence-electron chi connectivity index (χ0n) is 22.2. The van der Waals surface area contributed by atoms with Crippen LogP contribution in [0.15, 0.2) is 48.3 Å². The first-order chi connectivity index (χ1) is 17.5. The van der Waals surface area contributed by atoms with Crippen molar-refractivity contribution in [3.05, 3.63) is 53.9 Å². The molecule has 4 nitrogen and oxygen atoms in total. The van der Waals surface area contributed by atoms with Gasteiger partial charge in [-0.3, -0.25) is 4.98 Å². The third kappa shape index (κ3) is 3.26. The van der Waals surface area contributed by atoms with Crippen molar-refractivity contribution in [3.63, 3.8) is 0 Å². The molecule has 0 N–H and O–H groups in total. The Bertz CT molecular complexity index is 1190. The molecular formula is C32H41NO3. The van der Waals surface area contributed by atoms with E-state index in [1.54, 1.807) is 12.7 Å². The molecule has 2 aliphatic heterocycles. The van der Waals surface area contributed by atoms with Gasteiger partial charge in [0, 0.05) is 37.2 Å². The Hall–Kier alpha value is -1.75. The third-order valence-electron chi connectivity index (χ3n) is 11.1. The second kappa shape index (κ2) is 8.38. The maximum absolute atomic E-state index is 7.53. The zero-order chi connectivity index (χ0) is 24.5. The molecule has 0 amide bonds. The number of aromatic nitrogens is 1. The first kappa shape index (κ1) is 23.4. The normalized spacial score (nSPS) is 43.1. The molecule has 4 unspecified atom stereocenters. The summed E-state index contributed by atoms with van der Waals surface area (Å²) in [6.45, 7) is 6.47. The van der Waals surface area contributed by atoms with Crippen LogP contribution < -0.4 is 0 Å². The number of rotatable bonds is 5. The fraction of sp³-hybridized carbons (Fsp3) is 0.656. The van der Waals surface area contributed by atoms with Gasteiger partial charge < -0.3 is 14.2 Å². The van der Waals surface area contributed by atoms with Crippen molar-refractivity contribution in [2.75, 3.05) is 20.3 Å². The minimum atomic E-state index is -0.0861. The lowest BCUT2D eigenvalue weighted by molar-refractivity contribution is -0.214. The number of hydrogen-bond acceptors (Lipinski definition) is 4. The van der Waals surface area contributed by atoms with E-state index in [1.165, 1.54) is 48.4 Å². The van der Waals surface area contributed by atoms with Crippen LogP contribution in [0.3, 0.4) is 0 Å². The Morgan fingerprint density at radius 3 is 2.86 bits per heavy atom. The summed E-state index contributed by atoms with van der Waals surface area (Å²) in [6.07, 6.45) is 16.4. The molecule has 192 valence electrons. The first-order valence-corrected chi connectivity index (χ1v) is 14.3. The summed E-state index contributed by atoms with van der Waals surface area (Å²) >= 11 is 0. The van der Waals surface area contributed by atoms with Crippen LogP contribution in [0.2, 0.25) is 0 Å². The molecule has 1 aromatic carbocycles. The number of ether oxygens (including phenoxy) is 3. The molecule has 2 bridgehead atoms. The van der Waals surface area contributed by atoms with Crippen molar-refractivity contribution in [2.24, 2.45) is 23.2 Å². The SMILES string of the molecule is COCCO[C@H]1CCC2=CC3C(C)CC4(C)C(c5ccc6ccncc6c5)CC[C@H]4[C@@]34CC[C@]2(C1)O4. The first-order valence-electron chi connectivity index (χ1n) is 14.3. The van der Waals surface area contributed by atoms with Crippen LogP contribution >= 0.6 is 0 Å². The smallest absolute Gasteiger partial charge is 0.0925 e. The molecule has 4 heteroatoms. The molecule has 1 aromatic heterocycles. The van der Waals surface area contributed by atoms with Gasteiger partial charge in [0.25, 0.3) is 0 Å². The van der Waals surface area contributed by atoms with E-state index in [-0.39, 0.29) is 16.6 Å². The molecule has 8 atom stereocenters. The topological polar surface area (TPSA) is 40.6 Å². The minimum Gasteiger partial charge on any atom is -0.382 e. The summed E-state index contributed by atoms with van der Waals surface area (Å²) in [4.78, 5) is 4.40. The van der Waals surface area contributed by atoms with Gasteiger partial charge in [-0.25, -0.2) is 0 Å². The van der Waals surface area contributed by atoms with Gasteiger partial charge in [0.15, 0.2) is 0 Å². The van der Waals surface area contributed by atoms with Crippen molar-refractivity contribution < 1.29 is 14.2 Å². The van der Waals surface area contributed by atoms with Crippen molar-refractivity contribution in [3.8, 4) is 0 Å². The highest BCUT2D eigenvalue weighted by molar-refractivity contribution is 5.82. The number of benzene rings is 1. The summed E-state index contributed by atoms with van der Waals surface area (Å²) in [5, 5.41) is 2.56. The molecule has 3 aliphatic carbocycles. The van der Waals surface area contributed by atoms with Crippen LogP contribution in [0, 0.1) is 23.2 Å². The maximum Gasteiger partial charge on any atom is 0.0925 e. The highest BCUT2D eigenvalue weighted by Gasteiger charge is 2.69. The van der Waals surface area contributed by atoms with Gasteiger partial charge in [0.2, 0.25) is 0 Å². The lowest BCUT2D eigenvalue weighted by Crippen LogP contribution is -2.60. The number of methoxy groups -OCH3 is 1. The van der Waals surface area contributed by atoms with E-state index in [1.807, 2.05) is 12.4 Å². The Morgan fingerprint density at radius 2 is 1.97 bits per heavy atom. The lowest BCUT2D eigenvalue weighted by atomic mass is 9.51. The summed E-state index contributed by atoms with van der Waals surface area (Å²) in [7, 11) is 1.75. The minimum absolute atomic E-state index is 0.00249. The molecule has 3 saturated carbocycles. The van der Waals surface area contributed by atoms with Gasteiger partial charge in [-0.1, -0.05) is 32.1 Å². The van der Waals surface area contributed by atoms with E-state index in [0.717, 1.165) is 19.3 Å². The van der Waals surface area contributed by atoms with Crippen LogP contribution in [0.1, 0.15) is 76.7 Å². The molecule has 3 heterocycles. The molecule has 2 spiro atoms. The Morgan fingerprint density at radius 1 is 1.06 bits per heavy atom. The van der Waals surface area contributed by atoms with Crippen LogP contribution in [0.4, 0.5) is 0 Å². The molecular weight excluding hydrogens is 446 g/mol. The number of hydrogen-bond donors (Lipinski definition) is 0. The Labute approximate surface area is 215 Å². The van der Waals surface area contributed by atoms with Crippen LogP contribution in [-0.4, -0.2) is 42.6 Å². The van der Waals surface area contributed by atoms with E-state index in [0.29, 0.717) is 43.0 Å². The maximum atomic E-state index is 7.53. The van der Waals surface area contributed by atoms with Gasteiger partial charge in [-0.15, -0.1) is 0 Å². The van der Waals surface area contributed by atoms with E-state index >= 15 is 0 Å². The van der Waals surface area contributed by atoms with Gasteiger partial charge in [-0.2, -0.15) is 0 Å². The highest BCUT2D eigenvalue weighted by Crippen LogP contribution is 2.71. The fourth-order valence-corrected chi connectivity index (χ4v) is 9.78. The summed E-state index contributed by atoms with van der Waals surface area (Å²) in [5.41, 5.74) is 3.28. The summed E-state index contributed by atoms with van der Waals surface area (Å²) < 4.78 is 19.0. The van der Waals surface area contributed by atoms with Gasteiger partial charge in [-0.05, 0) is 96.8 Å². The van der Waals surface area contributed by atoms with Gasteiger partial charge >= 0.3 is 0 Å². The second-order valence-corrected chi connectivity index (χ2v) is 12.8. The van der Waals surface area contributed by atoms with Gasteiger partial charge in [0.05, 0.1) is 30.5 Å². The van der Waals surface area contributed by atoms with Crippen molar-refractivity contribution in [2.45, 2.75) is 88.4 Å². The fourth-order valence-electron chi connectivity index (χ4n) is 9.78. The predicted octanol–water partition coefficient (Wildman–Crippen LogP) is 6.83. The van der Waals surface area contributed by atoms with Crippen LogP contribution in [-0.2, 0) is 14.2 Å².